The molecule has 23 heavy (non-hydrogen) atoms. The lowest BCUT2D eigenvalue weighted by Gasteiger charge is -2.18. The molecule has 1 heterocycles. The van der Waals surface area contributed by atoms with Crippen molar-refractivity contribution < 1.29 is 0 Å². The van der Waals surface area contributed by atoms with Gasteiger partial charge < -0.3 is 4.57 Å². The zero-order valence-corrected chi connectivity index (χ0v) is 14.4. The van der Waals surface area contributed by atoms with Gasteiger partial charge in [0.25, 0.3) is 5.56 Å². The standard InChI is InChI=1S/C19H20N2OS/c1-13(2)21-11-10-18(22)20-19(21)23-14(3)16-9-8-15-6-4-5-7-17(15)12-16/h4-14H,1-3H3/t14-/m1/s1. The Morgan fingerprint density at radius 3 is 2.48 bits per heavy atom. The van der Waals surface area contributed by atoms with Crippen molar-refractivity contribution in [3.05, 3.63) is 70.6 Å². The molecule has 118 valence electrons. The van der Waals surface area contributed by atoms with Gasteiger partial charge in [0, 0.05) is 23.6 Å². The van der Waals surface area contributed by atoms with Gasteiger partial charge in [0.05, 0.1) is 0 Å². The molecular weight excluding hydrogens is 304 g/mol. The van der Waals surface area contributed by atoms with E-state index < -0.39 is 0 Å². The van der Waals surface area contributed by atoms with E-state index in [2.05, 4.69) is 68.2 Å². The Bertz CT molecular complexity index is 886. The van der Waals surface area contributed by atoms with Crippen LogP contribution in [0.15, 0.2) is 64.7 Å². The van der Waals surface area contributed by atoms with E-state index in [1.165, 1.54) is 22.4 Å². The molecule has 0 N–H and O–H groups in total. The summed E-state index contributed by atoms with van der Waals surface area (Å²) in [7, 11) is 0. The smallest absolute Gasteiger partial charge is 0.273 e. The second-order valence-electron chi connectivity index (χ2n) is 5.92. The van der Waals surface area contributed by atoms with E-state index in [-0.39, 0.29) is 16.9 Å². The minimum Gasteiger partial charge on any atom is -0.325 e. The third-order valence-electron chi connectivity index (χ3n) is 3.89. The second kappa shape index (κ2) is 6.59. The van der Waals surface area contributed by atoms with Gasteiger partial charge in [-0.2, -0.15) is 4.98 Å². The summed E-state index contributed by atoms with van der Waals surface area (Å²) in [6.45, 7) is 6.34. The topological polar surface area (TPSA) is 34.9 Å². The SMILES string of the molecule is CC(C)n1ccc(=O)nc1S[C@H](C)c1ccc2ccccc2c1. The number of rotatable bonds is 4. The lowest BCUT2D eigenvalue weighted by atomic mass is 10.1. The molecule has 0 unspecified atom stereocenters. The zero-order chi connectivity index (χ0) is 16.4. The Morgan fingerprint density at radius 2 is 1.74 bits per heavy atom. The van der Waals surface area contributed by atoms with Crippen LogP contribution in [-0.2, 0) is 0 Å². The van der Waals surface area contributed by atoms with Gasteiger partial charge in [-0.15, -0.1) is 0 Å². The van der Waals surface area contributed by atoms with Crippen molar-refractivity contribution in [1.82, 2.24) is 9.55 Å². The van der Waals surface area contributed by atoms with Crippen molar-refractivity contribution in [3.63, 3.8) is 0 Å². The summed E-state index contributed by atoms with van der Waals surface area (Å²) >= 11 is 1.63. The summed E-state index contributed by atoms with van der Waals surface area (Å²) in [5, 5.41) is 3.47. The van der Waals surface area contributed by atoms with Crippen LogP contribution in [0, 0.1) is 0 Å². The van der Waals surface area contributed by atoms with Gasteiger partial charge in [-0.3, -0.25) is 4.79 Å². The maximum absolute atomic E-state index is 11.6. The normalized spacial score (nSPS) is 12.7. The molecule has 0 saturated heterocycles. The summed E-state index contributed by atoms with van der Waals surface area (Å²) in [4.78, 5) is 15.8. The van der Waals surface area contributed by atoms with Crippen LogP contribution >= 0.6 is 11.8 Å². The Balaban J connectivity index is 1.92. The average molecular weight is 324 g/mol. The van der Waals surface area contributed by atoms with Gasteiger partial charge in [0.1, 0.15) is 0 Å². The molecule has 0 radical (unpaired) electrons. The van der Waals surface area contributed by atoms with E-state index in [1.807, 2.05) is 10.8 Å². The van der Waals surface area contributed by atoms with Crippen LogP contribution in [0.4, 0.5) is 0 Å². The molecule has 3 aromatic rings. The molecule has 0 fully saturated rings. The van der Waals surface area contributed by atoms with Gasteiger partial charge in [-0.25, -0.2) is 0 Å². The van der Waals surface area contributed by atoms with Gasteiger partial charge in [0.15, 0.2) is 5.16 Å². The van der Waals surface area contributed by atoms with Crippen LogP contribution in [0.2, 0.25) is 0 Å². The molecule has 0 saturated carbocycles. The summed E-state index contributed by atoms with van der Waals surface area (Å²) in [5.41, 5.74) is 1.05. The van der Waals surface area contributed by atoms with Crippen LogP contribution in [0.3, 0.4) is 0 Å². The highest BCUT2D eigenvalue weighted by Gasteiger charge is 2.13. The molecule has 0 bridgehead atoms. The Labute approximate surface area is 140 Å². The summed E-state index contributed by atoms with van der Waals surface area (Å²) in [6, 6.07) is 16.7. The Morgan fingerprint density at radius 1 is 1.00 bits per heavy atom. The molecule has 1 aromatic heterocycles. The van der Waals surface area contributed by atoms with Crippen molar-refractivity contribution >= 4 is 22.5 Å². The summed E-state index contributed by atoms with van der Waals surface area (Å²) in [5.74, 6) is 0. The zero-order valence-electron chi connectivity index (χ0n) is 13.6. The van der Waals surface area contributed by atoms with Crippen molar-refractivity contribution in [2.24, 2.45) is 0 Å². The highest BCUT2D eigenvalue weighted by molar-refractivity contribution is 7.99. The minimum absolute atomic E-state index is 0.185. The maximum atomic E-state index is 11.6. The maximum Gasteiger partial charge on any atom is 0.273 e. The first-order valence-electron chi connectivity index (χ1n) is 7.79. The van der Waals surface area contributed by atoms with E-state index in [0.29, 0.717) is 0 Å². The van der Waals surface area contributed by atoms with Crippen molar-refractivity contribution in [2.45, 2.75) is 37.2 Å². The third-order valence-corrected chi connectivity index (χ3v) is 5.02. The monoisotopic (exact) mass is 324 g/mol. The van der Waals surface area contributed by atoms with Crippen molar-refractivity contribution in [2.75, 3.05) is 0 Å². The molecule has 0 aliphatic carbocycles. The first-order chi connectivity index (χ1) is 11.0. The molecule has 3 nitrogen and oxygen atoms in total. The number of aromatic nitrogens is 2. The number of nitrogens with zero attached hydrogens (tertiary/aromatic N) is 2. The van der Waals surface area contributed by atoms with Gasteiger partial charge >= 0.3 is 0 Å². The van der Waals surface area contributed by atoms with Crippen molar-refractivity contribution in [3.8, 4) is 0 Å². The number of thioether (sulfide) groups is 1. The Kier molecular flexibility index (Phi) is 4.53. The molecule has 0 amide bonds. The first kappa shape index (κ1) is 15.8. The second-order valence-corrected chi connectivity index (χ2v) is 7.22. The summed E-state index contributed by atoms with van der Waals surface area (Å²) < 4.78 is 2.05. The molecular formula is C19H20N2OS. The van der Waals surface area contributed by atoms with E-state index in [9.17, 15) is 4.79 Å². The van der Waals surface area contributed by atoms with E-state index >= 15 is 0 Å². The Hall–Kier alpha value is -2.07. The number of benzene rings is 2. The molecule has 0 aliphatic rings. The third kappa shape index (κ3) is 3.48. The fourth-order valence-corrected chi connectivity index (χ4v) is 3.70. The molecule has 0 spiro atoms. The lowest BCUT2D eigenvalue weighted by Crippen LogP contribution is -2.15. The number of fused-ring (bicyclic) bond motifs is 1. The summed E-state index contributed by atoms with van der Waals surface area (Å²) in [6.07, 6.45) is 1.83. The largest absolute Gasteiger partial charge is 0.325 e. The highest BCUT2D eigenvalue weighted by atomic mass is 32.2. The fourth-order valence-electron chi connectivity index (χ4n) is 2.56. The molecule has 1 atom stereocenters. The minimum atomic E-state index is -0.185. The van der Waals surface area contributed by atoms with E-state index in [4.69, 9.17) is 0 Å². The van der Waals surface area contributed by atoms with Crippen LogP contribution in [0.25, 0.3) is 10.8 Å². The predicted molar refractivity (Wildman–Crippen MR) is 97.1 cm³/mol. The molecule has 3 rings (SSSR count). The van der Waals surface area contributed by atoms with Crippen molar-refractivity contribution in [1.29, 1.82) is 0 Å². The van der Waals surface area contributed by atoms with E-state index in [1.54, 1.807) is 11.8 Å². The van der Waals surface area contributed by atoms with Gasteiger partial charge in [-0.05, 0) is 37.1 Å². The average Bonchev–Trinajstić information content (AvgIpc) is 2.54. The van der Waals surface area contributed by atoms with Crippen LogP contribution in [-0.4, -0.2) is 9.55 Å². The van der Waals surface area contributed by atoms with Gasteiger partial charge in [0.2, 0.25) is 0 Å². The van der Waals surface area contributed by atoms with Gasteiger partial charge in [-0.1, -0.05) is 54.2 Å². The van der Waals surface area contributed by atoms with E-state index in [0.717, 1.165) is 5.16 Å². The number of hydrogen-bond donors (Lipinski definition) is 0. The highest BCUT2D eigenvalue weighted by Crippen LogP contribution is 2.35. The molecule has 2 aromatic carbocycles. The predicted octanol–water partition coefficient (Wildman–Crippen LogP) is 4.83. The van der Waals surface area contributed by atoms with Crippen LogP contribution in [0.1, 0.15) is 37.6 Å². The van der Waals surface area contributed by atoms with Crippen LogP contribution in [0.5, 0.6) is 0 Å². The lowest BCUT2D eigenvalue weighted by molar-refractivity contribution is 0.525. The molecule has 0 aliphatic heterocycles. The van der Waals surface area contributed by atoms with Crippen LogP contribution < -0.4 is 5.56 Å². The fraction of sp³-hybridized carbons (Fsp3) is 0.263. The number of hydrogen-bond acceptors (Lipinski definition) is 3. The molecule has 4 heteroatoms. The first-order valence-corrected chi connectivity index (χ1v) is 8.67. The quantitative estimate of drug-likeness (QED) is 0.509.